The molecule has 0 radical (unpaired) electrons. The highest BCUT2D eigenvalue weighted by atomic mass is 79.9. The molecule has 94 valence electrons. The van der Waals surface area contributed by atoms with Crippen LogP contribution < -0.4 is 4.74 Å². The summed E-state index contributed by atoms with van der Waals surface area (Å²) >= 11 is 3.40. The Morgan fingerprint density at radius 2 is 2.00 bits per heavy atom. The summed E-state index contributed by atoms with van der Waals surface area (Å²) in [4.78, 5) is 11.5. The maximum Gasteiger partial charge on any atom is 0.312 e. The Hall–Kier alpha value is -1.03. The molecule has 0 saturated carbocycles. The van der Waals surface area contributed by atoms with Crippen LogP contribution in [-0.2, 0) is 9.53 Å². The lowest BCUT2D eigenvalue weighted by atomic mass is 9.97. The van der Waals surface area contributed by atoms with Crippen molar-refractivity contribution >= 4 is 21.9 Å². The van der Waals surface area contributed by atoms with Crippen LogP contribution in [0.2, 0.25) is 0 Å². The molecule has 0 heterocycles. The minimum atomic E-state index is -0.243. The van der Waals surface area contributed by atoms with Gasteiger partial charge in [-0.3, -0.25) is 4.79 Å². The van der Waals surface area contributed by atoms with Crippen molar-refractivity contribution in [3.8, 4) is 5.75 Å². The minimum absolute atomic E-state index is 0.185. The number of hydrogen-bond acceptors (Lipinski definition) is 3. The molecule has 17 heavy (non-hydrogen) atoms. The van der Waals surface area contributed by atoms with Gasteiger partial charge in [-0.2, -0.15) is 0 Å². The van der Waals surface area contributed by atoms with Crippen LogP contribution in [0, 0.1) is 11.8 Å². The van der Waals surface area contributed by atoms with Crippen molar-refractivity contribution < 1.29 is 14.3 Å². The third kappa shape index (κ3) is 4.04. The van der Waals surface area contributed by atoms with E-state index in [1.165, 1.54) is 7.11 Å². The van der Waals surface area contributed by atoms with Gasteiger partial charge < -0.3 is 9.47 Å². The number of carbonyl (C=O) groups is 1. The van der Waals surface area contributed by atoms with Gasteiger partial charge in [-0.05, 0) is 34.0 Å². The first-order chi connectivity index (χ1) is 8.06. The molecule has 0 fully saturated rings. The van der Waals surface area contributed by atoms with E-state index in [-0.39, 0.29) is 17.8 Å². The Bertz CT molecular complexity index is 377. The molecule has 0 bridgehead atoms. The maximum absolute atomic E-state index is 11.5. The fourth-order valence-corrected chi connectivity index (χ4v) is 1.82. The third-order valence-electron chi connectivity index (χ3n) is 2.56. The van der Waals surface area contributed by atoms with Crippen molar-refractivity contribution in [3.63, 3.8) is 0 Å². The lowest BCUT2D eigenvalue weighted by Gasteiger charge is -2.19. The van der Waals surface area contributed by atoms with Crippen LogP contribution in [-0.4, -0.2) is 19.7 Å². The number of ether oxygens (including phenoxy) is 2. The molecule has 1 rings (SSSR count). The normalized spacial score (nSPS) is 12.3. The molecule has 1 aromatic rings. The molecule has 1 unspecified atom stereocenters. The van der Waals surface area contributed by atoms with E-state index in [1.807, 2.05) is 38.1 Å². The molecule has 0 aliphatic carbocycles. The van der Waals surface area contributed by atoms with E-state index < -0.39 is 0 Å². The highest BCUT2D eigenvalue weighted by Crippen LogP contribution is 2.25. The van der Waals surface area contributed by atoms with Gasteiger partial charge >= 0.3 is 5.97 Å². The van der Waals surface area contributed by atoms with Crippen LogP contribution in [0.1, 0.15) is 13.8 Å². The largest absolute Gasteiger partial charge is 0.491 e. The van der Waals surface area contributed by atoms with E-state index in [9.17, 15) is 4.79 Å². The van der Waals surface area contributed by atoms with Crippen LogP contribution in [0.5, 0.6) is 5.75 Å². The van der Waals surface area contributed by atoms with Crippen LogP contribution in [0.4, 0.5) is 0 Å². The maximum atomic E-state index is 11.5. The van der Waals surface area contributed by atoms with Crippen molar-refractivity contribution in [1.29, 1.82) is 0 Å². The molecule has 0 aliphatic heterocycles. The smallest absolute Gasteiger partial charge is 0.312 e. The zero-order chi connectivity index (χ0) is 12.8. The summed E-state index contributed by atoms with van der Waals surface area (Å²) in [5.74, 6) is 0.450. The summed E-state index contributed by atoms with van der Waals surface area (Å²) in [6.45, 7) is 4.28. The average molecular weight is 301 g/mol. The predicted octanol–water partition coefficient (Wildman–Crippen LogP) is 3.27. The molecular weight excluding hydrogens is 284 g/mol. The summed E-state index contributed by atoms with van der Waals surface area (Å²) in [5.41, 5.74) is 0. The second kappa shape index (κ2) is 6.64. The molecule has 4 heteroatoms. The molecule has 0 amide bonds. The summed E-state index contributed by atoms with van der Waals surface area (Å²) < 4.78 is 11.3. The summed E-state index contributed by atoms with van der Waals surface area (Å²) in [6.07, 6.45) is 0. The zero-order valence-electron chi connectivity index (χ0n) is 10.3. The van der Waals surface area contributed by atoms with Crippen molar-refractivity contribution in [2.75, 3.05) is 13.7 Å². The molecule has 3 nitrogen and oxygen atoms in total. The Labute approximate surface area is 110 Å². The fraction of sp³-hybridized carbons (Fsp3) is 0.462. The molecule has 0 N–H and O–H groups in total. The van der Waals surface area contributed by atoms with Crippen molar-refractivity contribution in [2.24, 2.45) is 11.8 Å². The van der Waals surface area contributed by atoms with Gasteiger partial charge in [-0.25, -0.2) is 0 Å². The van der Waals surface area contributed by atoms with Gasteiger partial charge in [0.1, 0.15) is 12.4 Å². The zero-order valence-corrected chi connectivity index (χ0v) is 11.9. The van der Waals surface area contributed by atoms with Gasteiger partial charge in [-0.15, -0.1) is 0 Å². The summed E-state index contributed by atoms with van der Waals surface area (Å²) in [7, 11) is 1.40. The third-order valence-corrected chi connectivity index (χ3v) is 3.22. The molecule has 0 saturated heterocycles. The van der Waals surface area contributed by atoms with Crippen molar-refractivity contribution in [2.45, 2.75) is 13.8 Å². The summed E-state index contributed by atoms with van der Waals surface area (Å²) in [5, 5.41) is 0. The highest BCUT2D eigenvalue weighted by molar-refractivity contribution is 9.10. The first-order valence-corrected chi connectivity index (χ1v) is 6.30. The first-order valence-electron chi connectivity index (χ1n) is 5.51. The predicted molar refractivity (Wildman–Crippen MR) is 70.0 cm³/mol. The lowest BCUT2D eigenvalue weighted by molar-refractivity contribution is -0.148. The number of benzene rings is 1. The van der Waals surface area contributed by atoms with E-state index >= 15 is 0 Å². The number of para-hydroxylation sites is 1. The highest BCUT2D eigenvalue weighted by Gasteiger charge is 2.24. The van der Waals surface area contributed by atoms with Gasteiger partial charge in [-0.1, -0.05) is 26.0 Å². The number of halogens is 1. The quantitative estimate of drug-likeness (QED) is 0.783. The molecule has 1 aromatic carbocycles. The number of carbonyl (C=O) groups excluding carboxylic acids is 1. The van der Waals surface area contributed by atoms with E-state index in [0.29, 0.717) is 6.61 Å². The van der Waals surface area contributed by atoms with E-state index in [1.54, 1.807) is 0 Å². The number of rotatable bonds is 5. The number of hydrogen-bond donors (Lipinski definition) is 0. The standard InChI is InChI=1S/C13H17BrO3/c1-9(2)10(13(15)16-3)8-17-12-7-5-4-6-11(12)14/h4-7,9-10H,8H2,1-3H3. The Balaban J connectivity index is 2.64. The molecular formula is C13H17BrO3. The number of esters is 1. The molecule has 0 aromatic heterocycles. The van der Waals surface area contributed by atoms with Crippen LogP contribution >= 0.6 is 15.9 Å². The Morgan fingerprint density at radius 3 is 2.53 bits per heavy atom. The minimum Gasteiger partial charge on any atom is -0.491 e. The van der Waals surface area contributed by atoms with Gasteiger partial charge in [0, 0.05) is 0 Å². The summed E-state index contributed by atoms with van der Waals surface area (Å²) in [6, 6.07) is 7.57. The van der Waals surface area contributed by atoms with Gasteiger partial charge in [0.25, 0.3) is 0 Å². The second-order valence-electron chi connectivity index (χ2n) is 4.12. The topological polar surface area (TPSA) is 35.5 Å². The van der Waals surface area contributed by atoms with Crippen LogP contribution in [0.15, 0.2) is 28.7 Å². The van der Waals surface area contributed by atoms with Gasteiger partial charge in [0.15, 0.2) is 0 Å². The molecule has 1 atom stereocenters. The second-order valence-corrected chi connectivity index (χ2v) is 4.97. The van der Waals surface area contributed by atoms with Crippen molar-refractivity contribution in [3.05, 3.63) is 28.7 Å². The fourth-order valence-electron chi connectivity index (χ4n) is 1.43. The Morgan fingerprint density at radius 1 is 1.35 bits per heavy atom. The first kappa shape index (κ1) is 14.0. The Kier molecular flexibility index (Phi) is 5.48. The van der Waals surface area contributed by atoms with E-state index in [4.69, 9.17) is 9.47 Å². The average Bonchev–Trinajstić information content (AvgIpc) is 2.30. The van der Waals surface area contributed by atoms with Crippen LogP contribution in [0.25, 0.3) is 0 Å². The SMILES string of the molecule is COC(=O)C(COc1ccccc1Br)C(C)C. The van der Waals surface area contributed by atoms with Crippen LogP contribution in [0.3, 0.4) is 0 Å². The monoisotopic (exact) mass is 300 g/mol. The lowest BCUT2D eigenvalue weighted by Crippen LogP contribution is -2.27. The van der Waals surface area contributed by atoms with Crippen molar-refractivity contribution in [1.82, 2.24) is 0 Å². The van der Waals surface area contributed by atoms with E-state index in [2.05, 4.69) is 15.9 Å². The van der Waals surface area contributed by atoms with Gasteiger partial charge in [0.05, 0.1) is 17.5 Å². The van der Waals surface area contributed by atoms with Gasteiger partial charge in [0.2, 0.25) is 0 Å². The number of methoxy groups -OCH3 is 1. The molecule has 0 aliphatic rings. The van der Waals surface area contributed by atoms with E-state index in [0.717, 1.165) is 10.2 Å². The molecule has 0 spiro atoms.